The molecular weight excluding hydrogens is 398 g/mol. The Bertz CT molecular complexity index is 883. The molecule has 0 atom stereocenters. The van der Waals surface area contributed by atoms with Gasteiger partial charge >= 0.3 is 0 Å². The number of thiocarbonyl (C=S) groups is 1. The van der Waals surface area contributed by atoms with E-state index in [4.69, 9.17) is 12.2 Å². The molecule has 0 saturated carbocycles. The molecule has 2 N–H and O–H groups in total. The van der Waals surface area contributed by atoms with E-state index in [1.807, 2.05) is 42.5 Å². The van der Waals surface area contributed by atoms with Gasteiger partial charge in [0.25, 0.3) is 0 Å². The van der Waals surface area contributed by atoms with E-state index in [2.05, 4.69) is 51.2 Å². The molecule has 29 heavy (non-hydrogen) atoms. The molecule has 0 radical (unpaired) electrons. The summed E-state index contributed by atoms with van der Waals surface area (Å²) in [4.78, 5) is 15.5. The third kappa shape index (κ3) is 7.33. The monoisotopic (exact) mass is 423 g/mol. The summed E-state index contributed by atoms with van der Waals surface area (Å²) >= 11 is 7.30. The van der Waals surface area contributed by atoms with Gasteiger partial charge in [0.05, 0.1) is 13.1 Å². The summed E-state index contributed by atoms with van der Waals surface area (Å²) in [5.74, 6) is -0.0564. The van der Waals surface area contributed by atoms with E-state index in [-0.39, 0.29) is 12.5 Å². The molecule has 0 aliphatic carbocycles. The number of benzene rings is 2. The number of nitrogens with one attached hydrogen (secondary N) is 2. The van der Waals surface area contributed by atoms with Crippen LogP contribution in [0.25, 0.3) is 0 Å². The first-order chi connectivity index (χ1) is 14.2. The molecule has 0 spiro atoms. The van der Waals surface area contributed by atoms with Gasteiger partial charge in [-0.15, -0.1) is 11.3 Å². The summed E-state index contributed by atoms with van der Waals surface area (Å²) in [7, 11) is 0. The summed E-state index contributed by atoms with van der Waals surface area (Å²) in [5.41, 5.74) is 2.39. The Morgan fingerprint density at radius 2 is 1.55 bits per heavy atom. The number of thiophene rings is 1. The van der Waals surface area contributed by atoms with E-state index >= 15 is 0 Å². The van der Waals surface area contributed by atoms with Gasteiger partial charge in [-0.25, -0.2) is 0 Å². The normalized spacial score (nSPS) is 10.3. The lowest BCUT2D eigenvalue weighted by Crippen LogP contribution is -2.43. The van der Waals surface area contributed by atoms with Crippen molar-refractivity contribution >= 4 is 34.6 Å². The molecule has 0 unspecified atom stereocenters. The predicted molar refractivity (Wildman–Crippen MR) is 124 cm³/mol. The van der Waals surface area contributed by atoms with Crippen LogP contribution in [-0.2, 0) is 24.3 Å². The van der Waals surface area contributed by atoms with E-state index in [9.17, 15) is 4.79 Å². The molecule has 3 aromatic rings. The Labute approximate surface area is 181 Å². The molecule has 150 valence electrons. The van der Waals surface area contributed by atoms with Gasteiger partial charge in [-0.05, 0) is 41.2 Å². The number of amides is 1. The Kier molecular flexibility index (Phi) is 8.22. The first-order valence-corrected chi connectivity index (χ1v) is 10.9. The number of carbonyl (C=O) groups excluding carboxylic acids is 1. The number of nitrogens with zero attached hydrogens (tertiary/aromatic N) is 1. The predicted octanol–water partition coefficient (Wildman–Crippen LogP) is 3.98. The molecule has 1 amide bonds. The van der Waals surface area contributed by atoms with Gasteiger partial charge in [-0.3, -0.25) is 4.79 Å². The average molecular weight is 424 g/mol. The van der Waals surface area contributed by atoms with Gasteiger partial charge in [-0.1, -0.05) is 66.7 Å². The zero-order chi connectivity index (χ0) is 20.3. The maximum absolute atomic E-state index is 12.2. The minimum absolute atomic E-state index is 0.0564. The number of rotatable bonds is 9. The maximum Gasteiger partial charge on any atom is 0.239 e. The van der Waals surface area contributed by atoms with Crippen molar-refractivity contribution in [2.45, 2.75) is 19.5 Å². The fourth-order valence-corrected chi connectivity index (χ4v) is 3.84. The smallest absolute Gasteiger partial charge is 0.239 e. The maximum atomic E-state index is 12.2. The second kappa shape index (κ2) is 11.3. The van der Waals surface area contributed by atoms with Crippen molar-refractivity contribution in [1.82, 2.24) is 15.5 Å². The van der Waals surface area contributed by atoms with E-state index in [1.54, 1.807) is 11.3 Å². The highest BCUT2D eigenvalue weighted by molar-refractivity contribution is 7.80. The molecular formula is C23H25N3OS2. The Morgan fingerprint density at radius 3 is 2.21 bits per heavy atom. The van der Waals surface area contributed by atoms with E-state index in [0.717, 1.165) is 6.42 Å². The van der Waals surface area contributed by atoms with Gasteiger partial charge in [0.1, 0.15) is 0 Å². The fraction of sp³-hybridized carbons (Fsp3) is 0.217. The van der Waals surface area contributed by atoms with Gasteiger partial charge < -0.3 is 15.5 Å². The molecule has 1 aromatic heterocycles. The Balaban J connectivity index is 1.48. The van der Waals surface area contributed by atoms with Crippen LogP contribution in [0.3, 0.4) is 0 Å². The van der Waals surface area contributed by atoms with Gasteiger partial charge in [0.2, 0.25) is 5.91 Å². The van der Waals surface area contributed by atoms with Crippen LogP contribution in [0.4, 0.5) is 0 Å². The molecule has 4 nitrogen and oxygen atoms in total. The van der Waals surface area contributed by atoms with Crippen LogP contribution in [0, 0.1) is 0 Å². The summed E-state index contributed by atoms with van der Waals surface area (Å²) in [6.07, 6.45) is 0.815. The zero-order valence-electron chi connectivity index (χ0n) is 16.2. The minimum Gasteiger partial charge on any atom is -0.354 e. The molecule has 0 aliphatic rings. The molecule has 6 heteroatoms. The van der Waals surface area contributed by atoms with Crippen molar-refractivity contribution in [3.8, 4) is 0 Å². The van der Waals surface area contributed by atoms with Crippen LogP contribution in [0.5, 0.6) is 0 Å². The van der Waals surface area contributed by atoms with Crippen molar-refractivity contribution in [3.05, 3.63) is 94.2 Å². The first-order valence-electron chi connectivity index (χ1n) is 9.60. The standard InChI is InChI=1S/C23H25N3OS2/c27-22(24-14-13-19-8-3-1-4-9-19)16-25-23(28)26(18-21-12-7-15-29-21)17-20-10-5-2-6-11-20/h1-12,15H,13-14,16-18H2,(H,24,27)(H,25,28). The topological polar surface area (TPSA) is 44.4 Å². The summed E-state index contributed by atoms with van der Waals surface area (Å²) < 4.78 is 0. The zero-order valence-corrected chi connectivity index (χ0v) is 17.8. The highest BCUT2D eigenvalue weighted by Crippen LogP contribution is 2.14. The van der Waals surface area contributed by atoms with Gasteiger partial charge in [0, 0.05) is 18.0 Å². The molecule has 0 saturated heterocycles. The summed E-state index contributed by atoms with van der Waals surface area (Å²) in [6.45, 7) is 2.19. The van der Waals surface area contributed by atoms with E-state index in [1.165, 1.54) is 16.0 Å². The molecule has 1 heterocycles. The number of hydrogen-bond acceptors (Lipinski definition) is 3. The highest BCUT2D eigenvalue weighted by Gasteiger charge is 2.13. The SMILES string of the molecule is O=C(CNC(=S)N(Cc1ccccc1)Cc1cccs1)NCCc1ccccc1. The molecule has 0 aliphatic heterocycles. The molecule has 3 rings (SSSR count). The largest absolute Gasteiger partial charge is 0.354 e. The van der Waals surface area contributed by atoms with Crippen molar-refractivity contribution in [1.29, 1.82) is 0 Å². The van der Waals surface area contributed by atoms with Gasteiger partial charge in [0.15, 0.2) is 5.11 Å². The first kappa shape index (κ1) is 21.0. The highest BCUT2D eigenvalue weighted by atomic mass is 32.1. The van der Waals surface area contributed by atoms with Crippen LogP contribution in [0.2, 0.25) is 0 Å². The van der Waals surface area contributed by atoms with Crippen LogP contribution in [-0.4, -0.2) is 29.0 Å². The fourth-order valence-electron chi connectivity index (χ4n) is 2.92. The van der Waals surface area contributed by atoms with Crippen LogP contribution in [0.15, 0.2) is 78.2 Å². The minimum atomic E-state index is -0.0564. The van der Waals surface area contributed by atoms with E-state index < -0.39 is 0 Å². The van der Waals surface area contributed by atoms with Crippen molar-refractivity contribution < 1.29 is 4.79 Å². The third-order valence-corrected chi connectivity index (χ3v) is 5.67. The number of carbonyl (C=O) groups is 1. The summed E-state index contributed by atoms with van der Waals surface area (Å²) in [6, 6.07) is 24.5. The Hall–Kier alpha value is -2.70. The summed E-state index contributed by atoms with van der Waals surface area (Å²) in [5, 5.41) is 8.70. The number of hydrogen-bond donors (Lipinski definition) is 2. The second-order valence-corrected chi connectivity index (χ2v) is 8.08. The van der Waals surface area contributed by atoms with Crippen molar-refractivity contribution in [3.63, 3.8) is 0 Å². The van der Waals surface area contributed by atoms with Gasteiger partial charge in [-0.2, -0.15) is 0 Å². The Morgan fingerprint density at radius 1 is 0.862 bits per heavy atom. The van der Waals surface area contributed by atoms with Crippen molar-refractivity contribution in [2.24, 2.45) is 0 Å². The van der Waals surface area contributed by atoms with Crippen molar-refractivity contribution in [2.75, 3.05) is 13.1 Å². The molecule has 2 aromatic carbocycles. The van der Waals surface area contributed by atoms with Crippen LogP contribution < -0.4 is 10.6 Å². The van der Waals surface area contributed by atoms with Crippen LogP contribution >= 0.6 is 23.6 Å². The molecule has 0 fully saturated rings. The lowest BCUT2D eigenvalue weighted by atomic mass is 10.1. The van der Waals surface area contributed by atoms with E-state index in [0.29, 0.717) is 24.7 Å². The average Bonchev–Trinajstić information content (AvgIpc) is 3.26. The quantitative estimate of drug-likeness (QED) is 0.511. The lowest BCUT2D eigenvalue weighted by molar-refractivity contribution is -0.119. The third-order valence-electron chi connectivity index (χ3n) is 4.41. The molecule has 0 bridgehead atoms. The second-order valence-electron chi connectivity index (χ2n) is 6.67. The lowest BCUT2D eigenvalue weighted by Gasteiger charge is -2.25. The van der Waals surface area contributed by atoms with Crippen LogP contribution in [0.1, 0.15) is 16.0 Å².